The molecule has 3 aromatic rings. The molecule has 0 radical (unpaired) electrons. The van der Waals surface area contributed by atoms with E-state index in [-0.39, 0.29) is 0 Å². The van der Waals surface area contributed by atoms with Crippen molar-refractivity contribution in [2.45, 2.75) is 0 Å². The van der Waals surface area contributed by atoms with Crippen LogP contribution in [-0.2, 0) is 4.79 Å². The highest BCUT2D eigenvalue weighted by Crippen LogP contribution is 2.21. The number of amides is 1. The molecule has 108 valence electrons. The Morgan fingerprint density at radius 2 is 1.64 bits per heavy atom. The zero-order valence-corrected chi connectivity index (χ0v) is 11.7. The molecule has 0 aliphatic rings. The smallest absolute Gasteiger partial charge is 0.344 e. The van der Waals surface area contributed by atoms with Crippen molar-refractivity contribution in [3.8, 4) is 5.75 Å². The maximum atomic E-state index is 12.3. The third-order valence-electron chi connectivity index (χ3n) is 3.30. The van der Waals surface area contributed by atoms with Gasteiger partial charge < -0.3 is 10.1 Å². The SMILES string of the molecule is O=CNc1ccc(OC(=O)c2cccc3ccccc23)cc1. The fourth-order valence-corrected chi connectivity index (χ4v) is 2.25. The van der Waals surface area contributed by atoms with E-state index in [4.69, 9.17) is 4.74 Å². The van der Waals surface area contributed by atoms with Crippen molar-refractivity contribution < 1.29 is 14.3 Å². The molecule has 3 rings (SSSR count). The lowest BCUT2D eigenvalue weighted by Gasteiger charge is -2.07. The molecule has 0 aliphatic carbocycles. The minimum absolute atomic E-state index is 0.409. The van der Waals surface area contributed by atoms with Gasteiger partial charge in [-0.25, -0.2) is 4.79 Å². The van der Waals surface area contributed by atoms with Crippen molar-refractivity contribution in [2.75, 3.05) is 5.32 Å². The number of nitrogens with one attached hydrogen (secondary N) is 1. The zero-order valence-electron chi connectivity index (χ0n) is 11.7. The first-order valence-corrected chi connectivity index (χ1v) is 6.78. The van der Waals surface area contributed by atoms with Gasteiger partial charge in [0.15, 0.2) is 0 Å². The lowest BCUT2D eigenvalue weighted by Crippen LogP contribution is -2.09. The predicted octanol–water partition coefficient (Wildman–Crippen LogP) is 3.63. The monoisotopic (exact) mass is 291 g/mol. The van der Waals surface area contributed by atoms with Gasteiger partial charge in [-0.1, -0.05) is 36.4 Å². The van der Waals surface area contributed by atoms with Gasteiger partial charge >= 0.3 is 5.97 Å². The fraction of sp³-hybridized carbons (Fsp3) is 0. The highest BCUT2D eigenvalue weighted by atomic mass is 16.5. The van der Waals surface area contributed by atoms with E-state index in [0.717, 1.165) is 10.8 Å². The van der Waals surface area contributed by atoms with Crippen molar-refractivity contribution in [2.24, 2.45) is 0 Å². The molecule has 0 spiro atoms. The normalized spacial score (nSPS) is 10.2. The van der Waals surface area contributed by atoms with Crippen LogP contribution in [0.1, 0.15) is 10.4 Å². The minimum atomic E-state index is -0.409. The molecule has 0 heterocycles. The van der Waals surface area contributed by atoms with Crippen LogP contribution in [0, 0.1) is 0 Å². The Labute approximate surface area is 127 Å². The molecular weight excluding hydrogens is 278 g/mol. The van der Waals surface area contributed by atoms with E-state index in [2.05, 4.69) is 5.32 Å². The molecule has 0 saturated heterocycles. The highest BCUT2D eigenvalue weighted by molar-refractivity contribution is 6.05. The average Bonchev–Trinajstić information content (AvgIpc) is 2.56. The molecule has 22 heavy (non-hydrogen) atoms. The minimum Gasteiger partial charge on any atom is -0.423 e. The Morgan fingerprint density at radius 1 is 0.909 bits per heavy atom. The summed E-state index contributed by atoms with van der Waals surface area (Å²) in [6.45, 7) is 0. The number of anilines is 1. The Hall–Kier alpha value is -3.14. The van der Waals surface area contributed by atoms with E-state index < -0.39 is 5.97 Å². The number of hydrogen-bond donors (Lipinski definition) is 1. The zero-order chi connectivity index (χ0) is 15.4. The van der Waals surface area contributed by atoms with Crippen molar-refractivity contribution in [3.63, 3.8) is 0 Å². The standard InChI is InChI=1S/C18H13NO3/c20-12-19-14-8-10-15(11-9-14)22-18(21)17-7-3-5-13-4-1-2-6-16(13)17/h1-12H,(H,19,20). The van der Waals surface area contributed by atoms with Crippen LogP contribution < -0.4 is 10.1 Å². The molecule has 1 amide bonds. The van der Waals surface area contributed by atoms with Crippen LogP contribution in [0.2, 0.25) is 0 Å². The second-order valence-electron chi connectivity index (χ2n) is 4.70. The number of carbonyl (C=O) groups excluding carboxylic acids is 2. The number of fused-ring (bicyclic) bond motifs is 1. The van der Waals surface area contributed by atoms with Crippen LogP contribution in [0.4, 0.5) is 5.69 Å². The summed E-state index contributed by atoms with van der Waals surface area (Å²) < 4.78 is 5.39. The Balaban J connectivity index is 1.85. The van der Waals surface area contributed by atoms with Gasteiger partial charge in [-0.15, -0.1) is 0 Å². The Bertz CT molecular complexity index is 820. The quantitative estimate of drug-likeness (QED) is 0.454. The fourth-order valence-electron chi connectivity index (χ4n) is 2.25. The van der Waals surface area contributed by atoms with Crippen LogP contribution in [-0.4, -0.2) is 12.4 Å². The first-order valence-electron chi connectivity index (χ1n) is 6.78. The highest BCUT2D eigenvalue weighted by Gasteiger charge is 2.12. The number of hydrogen-bond acceptors (Lipinski definition) is 3. The largest absolute Gasteiger partial charge is 0.423 e. The molecule has 3 aromatic carbocycles. The Morgan fingerprint density at radius 3 is 2.41 bits per heavy atom. The summed E-state index contributed by atoms with van der Waals surface area (Å²) in [5.74, 6) is 0.0160. The van der Waals surface area contributed by atoms with Crippen molar-refractivity contribution in [3.05, 3.63) is 72.3 Å². The summed E-state index contributed by atoms with van der Waals surface area (Å²) in [7, 11) is 0. The van der Waals surface area contributed by atoms with Gasteiger partial charge in [-0.2, -0.15) is 0 Å². The molecule has 0 aliphatic heterocycles. The second-order valence-corrected chi connectivity index (χ2v) is 4.70. The molecule has 0 atom stereocenters. The molecule has 4 heteroatoms. The molecule has 0 aromatic heterocycles. The number of ether oxygens (including phenoxy) is 1. The first kappa shape index (κ1) is 13.8. The number of rotatable bonds is 4. The van der Waals surface area contributed by atoms with Crippen LogP contribution in [0.15, 0.2) is 66.7 Å². The number of carbonyl (C=O) groups is 2. The van der Waals surface area contributed by atoms with E-state index in [1.807, 2.05) is 36.4 Å². The van der Waals surface area contributed by atoms with Crippen molar-refractivity contribution in [1.29, 1.82) is 0 Å². The summed E-state index contributed by atoms with van der Waals surface area (Å²) in [6, 6.07) is 19.8. The van der Waals surface area contributed by atoms with E-state index >= 15 is 0 Å². The number of esters is 1. The molecule has 0 bridgehead atoms. The van der Waals surface area contributed by atoms with Crippen LogP contribution in [0.25, 0.3) is 10.8 Å². The molecular formula is C18H13NO3. The molecule has 0 saturated carbocycles. The molecule has 4 nitrogen and oxygen atoms in total. The van der Waals surface area contributed by atoms with E-state index in [9.17, 15) is 9.59 Å². The van der Waals surface area contributed by atoms with Gasteiger partial charge in [0.25, 0.3) is 0 Å². The third kappa shape index (κ3) is 2.81. The Kier molecular flexibility index (Phi) is 3.83. The van der Waals surface area contributed by atoms with Crippen LogP contribution >= 0.6 is 0 Å². The predicted molar refractivity (Wildman–Crippen MR) is 85.0 cm³/mol. The van der Waals surface area contributed by atoms with Gasteiger partial charge in [0.05, 0.1) is 5.56 Å². The van der Waals surface area contributed by atoms with Gasteiger partial charge in [-0.3, -0.25) is 4.79 Å². The third-order valence-corrected chi connectivity index (χ3v) is 3.30. The second kappa shape index (κ2) is 6.10. The topological polar surface area (TPSA) is 55.4 Å². The van der Waals surface area contributed by atoms with E-state index in [0.29, 0.717) is 23.4 Å². The van der Waals surface area contributed by atoms with Crippen LogP contribution in [0.3, 0.4) is 0 Å². The maximum absolute atomic E-state index is 12.3. The van der Waals surface area contributed by atoms with E-state index in [1.165, 1.54) is 0 Å². The van der Waals surface area contributed by atoms with Crippen molar-refractivity contribution in [1.82, 2.24) is 0 Å². The number of benzene rings is 3. The van der Waals surface area contributed by atoms with Gasteiger partial charge in [0.1, 0.15) is 5.75 Å². The van der Waals surface area contributed by atoms with Crippen molar-refractivity contribution >= 4 is 28.8 Å². The summed E-state index contributed by atoms with van der Waals surface area (Å²) in [5, 5.41) is 4.37. The lowest BCUT2D eigenvalue weighted by atomic mass is 10.0. The molecule has 0 unspecified atom stereocenters. The first-order chi connectivity index (χ1) is 10.8. The van der Waals surface area contributed by atoms with Gasteiger partial charge in [0.2, 0.25) is 6.41 Å². The summed E-state index contributed by atoms with van der Waals surface area (Å²) in [5.41, 5.74) is 1.16. The molecule has 1 N–H and O–H groups in total. The van der Waals surface area contributed by atoms with E-state index in [1.54, 1.807) is 30.3 Å². The van der Waals surface area contributed by atoms with Crippen LogP contribution in [0.5, 0.6) is 5.75 Å². The average molecular weight is 291 g/mol. The maximum Gasteiger partial charge on any atom is 0.344 e. The summed E-state index contributed by atoms with van der Waals surface area (Å²) in [4.78, 5) is 22.7. The lowest BCUT2D eigenvalue weighted by molar-refractivity contribution is -0.105. The summed E-state index contributed by atoms with van der Waals surface area (Å²) in [6.07, 6.45) is 0.594. The van der Waals surface area contributed by atoms with Gasteiger partial charge in [-0.05, 0) is 41.1 Å². The van der Waals surface area contributed by atoms with Gasteiger partial charge in [0, 0.05) is 5.69 Å². The summed E-state index contributed by atoms with van der Waals surface area (Å²) >= 11 is 0. The molecule has 0 fully saturated rings.